The Labute approximate surface area is 129 Å². The van der Waals surface area contributed by atoms with Gasteiger partial charge in [-0.3, -0.25) is 4.90 Å². The molecule has 1 fully saturated rings. The van der Waals surface area contributed by atoms with Gasteiger partial charge in [0.1, 0.15) is 0 Å². The standard InChI is InChI=1S/C15H22N2.2ClH/c1-3-5-15(17-10-8-16-9-11-17)14-7-4-6-13(2)12-14;;/h3-4,6-7,12,15-16H,1,5,8-11H2,2H3;2*1H/t15-;;/m0../s1. The van der Waals surface area contributed by atoms with Crippen LogP contribution in [0.5, 0.6) is 0 Å². The van der Waals surface area contributed by atoms with Crippen LogP contribution in [0, 0.1) is 6.92 Å². The maximum atomic E-state index is 3.90. The first-order valence-electron chi connectivity index (χ1n) is 6.43. The van der Waals surface area contributed by atoms with Gasteiger partial charge in [0, 0.05) is 32.2 Å². The molecule has 0 aliphatic carbocycles. The summed E-state index contributed by atoms with van der Waals surface area (Å²) in [4.78, 5) is 2.56. The molecule has 0 saturated carbocycles. The molecule has 1 aliphatic heterocycles. The third-order valence-electron chi connectivity index (χ3n) is 3.41. The van der Waals surface area contributed by atoms with Crippen LogP contribution in [0.25, 0.3) is 0 Å². The number of nitrogens with zero attached hydrogens (tertiary/aromatic N) is 1. The highest BCUT2D eigenvalue weighted by Gasteiger charge is 2.20. The zero-order chi connectivity index (χ0) is 12.1. The van der Waals surface area contributed by atoms with E-state index in [1.165, 1.54) is 11.1 Å². The van der Waals surface area contributed by atoms with Crippen LogP contribution in [0.3, 0.4) is 0 Å². The molecule has 2 nitrogen and oxygen atoms in total. The zero-order valence-corrected chi connectivity index (χ0v) is 13.1. The highest BCUT2D eigenvalue weighted by Crippen LogP contribution is 2.25. The lowest BCUT2D eigenvalue weighted by atomic mass is 9.99. The molecule has 0 unspecified atom stereocenters. The second kappa shape index (κ2) is 9.38. The van der Waals surface area contributed by atoms with Crippen LogP contribution in [0.15, 0.2) is 36.9 Å². The fourth-order valence-electron chi connectivity index (χ4n) is 2.53. The first-order chi connectivity index (χ1) is 8.31. The number of nitrogens with one attached hydrogen (secondary N) is 1. The molecule has 4 heteroatoms. The highest BCUT2D eigenvalue weighted by atomic mass is 35.5. The van der Waals surface area contributed by atoms with Crippen LogP contribution in [0.4, 0.5) is 0 Å². The quantitative estimate of drug-likeness (QED) is 0.858. The molecular weight excluding hydrogens is 279 g/mol. The minimum absolute atomic E-state index is 0. The number of piperazine rings is 1. The van der Waals surface area contributed by atoms with Crippen molar-refractivity contribution in [2.24, 2.45) is 0 Å². The normalized spacial score (nSPS) is 16.9. The van der Waals surface area contributed by atoms with Crippen LogP contribution in [0.2, 0.25) is 0 Å². The van der Waals surface area contributed by atoms with Crippen molar-refractivity contribution in [2.75, 3.05) is 26.2 Å². The van der Waals surface area contributed by atoms with Gasteiger partial charge in [0.25, 0.3) is 0 Å². The molecule has 1 aromatic carbocycles. The Kier molecular flexibility index (Phi) is 9.11. The van der Waals surface area contributed by atoms with Gasteiger partial charge >= 0.3 is 0 Å². The van der Waals surface area contributed by atoms with Crippen molar-refractivity contribution < 1.29 is 0 Å². The van der Waals surface area contributed by atoms with Crippen molar-refractivity contribution in [3.05, 3.63) is 48.0 Å². The lowest BCUT2D eigenvalue weighted by Gasteiger charge is -2.35. The summed E-state index contributed by atoms with van der Waals surface area (Å²) >= 11 is 0. The number of rotatable bonds is 4. The monoisotopic (exact) mass is 302 g/mol. The summed E-state index contributed by atoms with van der Waals surface area (Å²) < 4.78 is 0. The van der Waals surface area contributed by atoms with Crippen LogP contribution >= 0.6 is 24.8 Å². The minimum Gasteiger partial charge on any atom is -0.314 e. The minimum atomic E-state index is 0. The van der Waals surface area contributed by atoms with E-state index in [-0.39, 0.29) is 24.8 Å². The van der Waals surface area contributed by atoms with E-state index >= 15 is 0 Å². The van der Waals surface area contributed by atoms with Gasteiger partial charge in [-0.2, -0.15) is 0 Å². The lowest BCUT2D eigenvalue weighted by Crippen LogP contribution is -2.45. The van der Waals surface area contributed by atoms with Gasteiger partial charge in [-0.25, -0.2) is 0 Å². The second-order valence-corrected chi connectivity index (χ2v) is 4.74. The van der Waals surface area contributed by atoms with Crippen LogP contribution in [0.1, 0.15) is 23.6 Å². The number of benzene rings is 1. The smallest absolute Gasteiger partial charge is 0.0383 e. The molecule has 1 atom stereocenters. The number of hydrogen-bond donors (Lipinski definition) is 1. The number of hydrogen-bond acceptors (Lipinski definition) is 2. The molecule has 0 amide bonds. The van der Waals surface area contributed by atoms with Crippen molar-refractivity contribution in [1.82, 2.24) is 10.2 Å². The van der Waals surface area contributed by atoms with Crippen molar-refractivity contribution in [3.8, 4) is 0 Å². The lowest BCUT2D eigenvalue weighted by molar-refractivity contribution is 0.174. The van der Waals surface area contributed by atoms with Crippen molar-refractivity contribution in [2.45, 2.75) is 19.4 Å². The van der Waals surface area contributed by atoms with Gasteiger partial charge in [-0.05, 0) is 18.9 Å². The summed E-state index contributed by atoms with van der Waals surface area (Å²) in [5.74, 6) is 0. The largest absolute Gasteiger partial charge is 0.314 e. The number of aryl methyl sites for hydroxylation is 1. The molecular formula is C15H24Cl2N2. The van der Waals surface area contributed by atoms with E-state index in [9.17, 15) is 0 Å². The third-order valence-corrected chi connectivity index (χ3v) is 3.41. The van der Waals surface area contributed by atoms with Gasteiger partial charge in [-0.1, -0.05) is 35.9 Å². The Balaban J connectivity index is 0.00000162. The highest BCUT2D eigenvalue weighted by molar-refractivity contribution is 5.85. The van der Waals surface area contributed by atoms with Gasteiger partial charge in [0.2, 0.25) is 0 Å². The first-order valence-corrected chi connectivity index (χ1v) is 6.43. The summed E-state index contributed by atoms with van der Waals surface area (Å²) in [6, 6.07) is 9.35. The molecule has 0 aromatic heterocycles. The predicted octanol–water partition coefficient (Wildman–Crippen LogP) is 3.36. The Morgan fingerprint density at radius 2 is 2.00 bits per heavy atom. The number of halogens is 2. The van der Waals surface area contributed by atoms with E-state index in [0.29, 0.717) is 6.04 Å². The Hall–Kier alpha value is -0.540. The van der Waals surface area contributed by atoms with Gasteiger partial charge in [0.15, 0.2) is 0 Å². The van der Waals surface area contributed by atoms with E-state index in [1.54, 1.807) is 0 Å². The van der Waals surface area contributed by atoms with Crippen LogP contribution in [-0.4, -0.2) is 31.1 Å². The third kappa shape index (κ3) is 5.15. The van der Waals surface area contributed by atoms with E-state index in [1.807, 2.05) is 6.08 Å². The van der Waals surface area contributed by atoms with Gasteiger partial charge in [0.05, 0.1) is 0 Å². The summed E-state index contributed by atoms with van der Waals surface area (Å²) in [5, 5.41) is 3.41. The Morgan fingerprint density at radius 1 is 1.32 bits per heavy atom. The fraction of sp³-hybridized carbons (Fsp3) is 0.467. The molecule has 0 radical (unpaired) electrons. The topological polar surface area (TPSA) is 15.3 Å². The van der Waals surface area contributed by atoms with Crippen LogP contribution < -0.4 is 5.32 Å². The fourth-order valence-corrected chi connectivity index (χ4v) is 2.53. The summed E-state index contributed by atoms with van der Waals surface area (Å²) in [7, 11) is 0. The first kappa shape index (κ1) is 18.5. The van der Waals surface area contributed by atoms with E-state index in [0.717, 1.165) is 32.6 Å². The molecule has 1 saturated heterocycles. The summed E-state index contributed by atoms with van der Waals surface area (Å²) in [5.41, 5.74) is 2.76. The average Bonchev–Trinajstić information content (AvgIpc) is 2.37. The predicted molar refractivity (Wildman–Crippen MR) is 87.7 cm³/mol. The van der Waals surface area contributed by atoms with Gasteiger partial charge < -0.3 is 5.32 Å². The summed E-state index contributed by atoms with van der Waals surface area (Å²) in [6.45, 7) is 10.5. The molecule has 2 rings (SSSR count). The SMILES string of the molecule is C=CC[C@@H](c1cccc(C)c1)N1CCNCC1.Cl.Cl. The molecule has 1 aromatic rings. The Morgan fingerprint density at radius 3 is 2.58 bits per heavy atom. The van der Waals surface area contributed by atoms with E-state index < -0.39 is 0 Å². The van der Waals surface area contributed by atoms with Crippen molar-refractivity contribution >= 4 is 24.8 Å². The summed E-state index contributed by atoms with van der Waals surface area (Å²) in [6.07, 6.45) is 3.07. The molecule has 1 N–H and O–H groups in total. The Bertz CT molecular complexity index is 376. The molecule has 1 heterocycles. The van der Waals surface area contributed by atoms with E-state index in [2.05, 4.69) is 48.0 Å². The molecule has 108 valence electrons. The molecule has 1 aliphatic rings. The molecule has 19 heavy (non-hydrogen) atoms. The van der Waals surface area contributed by atoms with E-state index in [4.69, 9.17) is 0 Å². The molecule has 0 spiro atoms. The van der Waals surface area contributed by atoms with Crippen molar-refractivity contribution in [1.29, 1.82) is 0 Å². The maximum Gasteiger partial charge on any atom is 0.0383 e. The average molecular weight is 303 g/mol. The zero-order valence-electron chi connectivity index (χ0n) is 11.5. The molecule has 0 bridgehead atoms. The van der Waals surface area contributed by atoms with Crippen LogP contribution in [-0.2, 0) is 0 Å². The maximum absolute atomic E-state index is 3.90. The van der Waals surface area contributed by atoms with Gasteiger partial charge in [-0.15, -0.1) is 31.4 Å². The van der Waals surface area contributed by atoms with Crippen molar-refractivity contribution in [3.63, 3.8) is 0 Å². The second-order valence-electron chi connectivity index (χ2n) is 4.74.